The molecule has 4 aromatic rings. The number of fused-ring (bicyclic) bond motifs is 1. The second kappa shape index (κ2) is 6.59. The van der Waals surface area contributed by atoms with Crippen LogP contribution in [0, 0.1) is 0 Å². The molecule has 0 atom stereocenters. The molecule has 0 bridgehead atoms. The summed E-state index contributed by atoms with van der Waals surface area (Å²) in [5.41, 5.74) is -0.927. The van der Waals surface area contributed by atoms with Gasteiger partial charge in [0.05, 0.1) is 17.4 Å². The van der Waals surface area contributed by atoms with Crippen molar-refractivity contribution in [1.82, 2.24) is 29.5 Å². The van der Waals surface area contributed by atoms with Crippen LogP contribution in [0.4, 0.5) is 13.2 Å². The molecule has 0 aliphatic heterocycles. The normalized spacial score (nSPS) is 12.0. The maximum atomic E-state index is 13.0. The summed E-state index contributed by atoms with van der Waals surface area (Å²) in [6.07, 6.45) is -1.37. The number of benzene rings is 1. The number of alkyl halides is 3. The van der Waals surface area contributed by atoms with E-state index < -0.39 is 17.3 Å². The van der Waals surface area contributed by atoms with Crippen LogP contribution in [-0.2, 0) is 19.1 Å². The molecule has 3 aromatic heterocycles. The Kier molecular flexibility index (Phi) is 4.21. The van der Waals surface area contributed by atoms with Crippen LogP contribution in [0.5, 0.6) is 0 Å². The molecule has 0 amide bonds. The maximum Gasteiger partial charge on any atom is 0.416 e. The van der Waals surface area contributed by atoms with Crippen LogP contribution >= 0.6 is 0 Å². The van der Waals surface area contributed by atoms with Gasteiger partial charge in [0.15, 0.2) is 5.65 Å². The zero-order valence-electron chi connectivity index (χ0n) is 14.5. The molecule has 144 valence electrons. The molecule has 0 aliphatic carbocycles. The first-order valence-electron chi connectivity index (χ1n) is 8.29. The molecular weight excluding hydrogens is 377 g/mol. The molecular formula is C17H13F3N6O2. The number of halogens is 3. The van der Waals surface area contributed by atoms with Gasteiger partial charge in [-0.3, -0.25) is 9.36 Å². The Morgan fingerprint density at radius 3 is 2.68 bits per heavy atom. The molecule has 0 fully saturated rings. The Labute approximate surface area is 155 Å². The third-order valence-corrected chi connectivity index (χ3v) is 4.09. The number of hydrogen-bond donors (Lipinski definition) is 0. The van der Waals surface area contributed by atoms with Crippen molar-refractivity contribution in [2.45, 2.75) is 26.1 Å². The lowest BCUT2D eigenvalue weighted by Gasteiger charge is -2.09. The second-order valence-corrected chi connectivity index (χ2v) is 5.96. The van der Waals surface area contributed by atoms with Crippen molar-refractivity contribution >= 4 is 11.0 Å². The van der Waals surface area contributed by atoms with Gasteiger partial charge in [-0.15, -0.1) is 10.2 Å². The molecule has 0 saturated carbocycles. The Bertz CT molecular complexity index is 1210. The SMILES string of the molecule is CCc1nnc(Cn2cnc3c(cnn3-c3cccc(C(F)(F)F)c3)c2=O)o1. The fourth-order valence-electron chi connectivity index (χ4n) is 2.71. The summed E-state index contributed by atoms with van der Waals surface area (Å²) in [7, 11) is 0. The van der Waals surface area contributed by atoms with Crippen LogP contribution in [0.15, 0.2) is 46.0 Å². The largest absolute Gasteiger partial charge is 0.423 e. The summed E-state index contributed by atoms with van der Waals surface area (Å²) in [6.45, 7) is 1.89. The highest BCUT2D eigenvalue weighted by Gasteiger charge is 2.30. The monoisotopic (exact) mass is 390 g/mol. The van der Waals surface area contributed by atoms with Gasteiger partial charge < -0.3 is 4.42 Å². The lowest BCUT2D eigenvalue weighted by molar-refractivity contribution is -0.137. The van der Waals surface area contributed by atoms with Crippen LogP contribution in [0.3, 0.4) is 0 Å². The molecule has 0 radical (unpaired) electrons. The fraction of sp³-hybridized carbons (Fsp3) is 0.235. The molecule has 8 nitrogen and oxygen atoms in total. The van der Waals surface area contributed by atoms with Gasteiger partial charge in [0.25, 0.3) is 5.56 Å². The minimum Gasteiger partial charge on any atom is -0.423 e. The highest BCUT2D eigenvalue weighted by atomic mass is 19.4. The Hall–Kier alpha value is -3.50. The van der Waals surface area contributed by atoms with E-state index in [9.17, 15) is 18.0 Å². The smallest absolute Gasteiger partial charge is 0.416 e. The minimum absolute atomic E-state index is 0.0313. The molecule has 1 aromatic carbocycles. The van der Waals surface area contributed by atoms with Crippen LogP contribution in [0.25, 0.3) is 16.7 Å². The molecule has 4 rings (SSSR count). The van der Waals surface area contributed by atoms with Gasteiger partial charge in [-0.2, -0.15) is 18.3 Å². The Morgan fingerprint density at radius 2 is 1.96 bits per heavy atom. The number of aromatic nitrogens is 6. The van der Waals surface area contributed by atoms with Gasteiger partial charge in [0.1, 0.15) is 18.3 Å². The quantitative estimate of drug-likeness (QED) is 0.532. The summed E-state index contributed by atoms with van der Waals surface area (Å²) in [5.74, 6) is 0.708. The number of nitrogens with zero attached hydrogens (tertiary/aromatic N) is 6. The van der Waals surface area contributed by atoms with Crippen LogP contribution in [0.1, 0.15) is 24.3 Å². The molecule has 3 heterocycles. The lowest BCUT2D eigenvalue weighted by Crippen LogP contribution is -2.21. The van der Waals surface area contributed by atoms with E-state index in [4.69, 9.17) is 4.42 Å². The van der Waals surface area contributed by atoms with E-state index in [-0.39, 0.29) is 29.2 Å². The summed E-state index contributed by atoms with van der Waals surface area (Å²) in [5, 5.41) is 11.9. The van der Waals surface area contributed by atoms with E-state index in [0.29, 0.717) is 12.3 Å². The average molecular weight is 390 g/mol. The summed E-state index contributed by atoms with van der Waals surface area (Å²) in [4.78, 5) is 16.9. The van der Waals surface area contributed by atoms with Crippen molar-refractivity contribution in [2.75, 3.05) is 0 Å². The van der Waals surface area contributed by atoms with E-state index in [0.717, 1.165) is 12.1 Å². The maximum absolute atomic E-state index is 13.0. The molecule has 0 saturated heterocycles. The highest BCUT2D eigenvalue weighted by molar-refractivity contribution is 5.75. The lowest BCUT2D eigenvalue weighted by atomic mass is 10.2. The molecule has 11 heteroatoms. The van der Waals surface area contributed by atoms with Crippen molar-refractivity contribution in [3.63, 3.8) is 0 Å². The highest BCUT2D eigenvalue weighted by Crippen LogP contribution is 2.30. The van der Waals surface area contributed by atoms with Crippen LogP contribution < -0.4 is 5.56 Å². The third kappa shape index (κ3) is 3.15. The van der Waals surface area contributed by atoms with Crippen LogP contribution in [-0.4, -0.2) is 29.5 Å². The van der Waals surface area contributed by atoms with Crippen molar-refractivity contribution in [3.05, 3.63) is 64.5 Å². The van der Waals surface area contributed by atoms with Crippen molar-refractivity contribution < 1.29 is 17.6 Å². The fourth-order valence-corrected chi connectivity index (χ4v) is 2.71. The van der Waals surface area contributed by atoms with Crippen molar-refractivity contribution in [1.29, 1.82) is 0 Å². The van der Waals surface area contributed by atoms with Gasteiger partial charge in [0, 0.05) is 6.42 Å². The van der Waals surface area contributed by atoms with E-state index in [1.165, 1.54) is 33.9 Å². The molecule has 0 spiro atoms. The summed E-state index contributed by atoms with van der Waals surface area (Å²) >= 11 is 0. The Balaban J connectivity index is 1.74. The van der Waals surface area contributed by atoms with E-state index in [1.807, 2.05) is 6.92 Å². The van der Waals surface area contributed by atoms with E-state index in [1.54, 1.807) is 0 Å². The number of hydrogen-bond acceptors (Lipinski definition) is 6. The van der Waals surface area contributed by atoms with Gasteiger partial charge in [0.2, 0.25) is 11.8 Å². The number of aryl methyl sites for hydroxylation is 1. The standard InChI is InChI=1S/C17H13F3N6O2/c1-2-13-23-24-14(28-13)8-25-9-21-15-12(16(25)27)7-22-26(15)11-5-3-4-10(6-11)17(18,19)20/h3-7,9H,2,8H2,1H3. The topological polar surface area (TPSA) is 91.6 Å². The first kappa shape index (κ1) is 17.9. The average Bonchev–Trinajstić information content (AvgIpc) is 3.30. The minimum atomic E-state index is -4.49. The predicted molar refractivity (Wildman–Crippen MR) is 90.9 cm³/mol. The van der Waals surface area contributed by atoms with E-state index >= 15 is 0 Å². The molecule has 28 heavy (non-hydrogen) atoms. The first-order chi connectivity index (χ1) is 13.4. The number of rotatable bonds is 4. The van der Waals surface area contributed by atoms with Gasteiger partial charge >= 0.3 is 6.18 Å². The summed E-state index contributed by atoms with van der Waals surface area (Å²) in [6, 6.07) is 4.64. The van der Waals surface area contributed by atoms with Gasteiger partial charge in [-0.25, -0.2) is 9.67 Å². The molecule has 0 unspecified atom stereocenters. The van der Waals surface area contributed by atoms with Crippen molar-refractivity contribution in [3.8, 4) is 5.69 Å². The second-order valence-electron chi connectivity index (χ2n) is 5.96. The predicted octanol–water partition coefficient (Wildman–Crippen LogP) is 2.59. The molecule has 0 N–H and O–H groups in total. The van der Waals surface area contributed by atoms with Gasteiger partial charge in [-0.05, 0) is 18.2 Å². The van der Waals surface area contributed by atoms with Crippen LogP contribution in [0.2, 0.25) is 0 Å². The molecule has 0 aliphatic rings. The zero-order chi connectivity index (χ0) is 19.9. The zero-order valence-corrected chi connectivity index (χ0v) is 14.5. The first-order valence-corrected chi connectivity index (χ1v) is 8.29. The van der Waals surface area contributed by atoms with E-state index in [2.05, 4.69) is 20.3 Å². The van der Waals surface area contributed by atoms with Crippen molar-refractivity contribution in [2.24, 2.45) is 0 Å². The summed E-state index contributed by atoms with van der Waals surface area (Å²) < 4.78 is 46.7. The Morgan fingerprint density at radius 1 is 1.18 bits per heavy atom. The van der Waals surface area contributed by atoms with Gasteiger partial charge in [-0.1, -0.05) is 13.0 Å². The third-order valence-electron chi connectivity index (χ3n) is 4.09.